The molecule has 0 amide bonds. The van der Waals surface area contributed by atoms with Crippen LogP contribution in [0.3, 0.4) is 0 Å². The van der Waals surface area contributed by atoms with Crippen LogP contribution >= 0.6 is 0 Å². The maximum atomic E-state index is 4.90. The number of hydrogen-bond donors (Lipinski definition) is 0. The first kappa shape index (κ1) is 19.2. The fourth-order valence-electron chi connectivity index (χ4n) is 4.11. The fraction of sp³-hybridized carbons (Fsp3) is 0. The molecule has 0 bridgehead atoms. The molecule has 2 aromatic heterocycles. The van der Waals surface area contributed by atoms with Gasteiger partial charge in [0.15, 0.2) is 0 Å². The predicted octanol–water partition coefficient (Wildman–Crippen LogP) is 7.42. The maximum absolute atomic E-state index is 4.90. The average molecular weight is 424 g/mol. The molecule has 3 heteroatoms. The average Bonchev–Trinajstić information content (AvgIpc) is 3.40. The van der Waals surface area contributed by atoms with Gasteiger partial charge in [-0.05, 0) is 47.5 Å². The third kappa shape index (κ3) is 3.81. The predicted molar refractivity (Wildman–Crippen MR) is 135 cm³/mol. The number of rotatable bonds is 4. The quantitative estimate of drug-likeness (QED) is 0.295. The lowest BCUT2D eigenvalue weighted by molar-refractivity contribution is 0.884. The molecule has 0 saturated heterocycles. The number of fused-ring (bicyclic) bond motifs is 1. The summed E-state index contributed by atoms with van der Waals surface area (Å²) in [5, 5.41) is 5.87. The number of pyridine rings is 1. The molecule has 4 aromatic carbocycles. The largest absolute Gasteiger partial charge is 0.248 e. The molecule has 6 aromatic rings. The van der Waals surface area contributed by atoms with E-state index in [-0.39, 0.29) is 0 Å². The SMILES string of the molecule is c1ccc(-c2ccc3nc(-c4ccc(-n5ccc(-c6ccccc6)n5)cc4)ccc3c2)cc1. The fourth-order valence-corrected chi connectivity index (χ4v) is 4.11. The molecule has 0 radical (unpaired) electrons. The first-order chi connectivity index (χ1) is 16.3. The molecule has 6 rings (SSSR count). The van der Waals surface area contributed by atoms with Gasteiger partial charge in [-0.15, -0.1) is 0 Å². The van der Waals surface area contributed by atoms with Crippen molar-refractivity contribution in [2.45, 2.75) is 0 Å². The summed E-state index contributed by atoms with van der Waals surface area (Å²) in [5.74, 6) is 0. The van der Waals surface area contributed by atoms with E-state index >= 15 is 0 Å². The summed E-state index contributed by atoms with van der Waals surface area (Å²) in [5.41, 5.74) is 8.57. The van der Waals surface area contributed by atoms with Crippen molar-refractivity contribution in [3.63, 3.8) is 0 Å². The summed E-state index contributed by atoms with van der Waals surface area (Å²) in [7, 11) is 0. The summed E-state index contributed by atoms with van der Waals surface area (Å²) in [6.07, 6.45) is 2.00. The second-order valence-corrected chi connectivity index (χ2v) is 8.03. The van der Waals surface area contributed by atoms with Crippen LogP contribution in [0.15, 0.2) is 128 Å². The van der Waals surface area contributed by atoms with Crippen LogP contribution < -0.4 is 0 Å². The first-order valence-electron chi connectivity index (χ1n) is 11.0. The molecular formula is C30H21N3. The highest BCUT2D eigenvalue weighted by Gasteiger charge is 2.06. The molecule has 0 spiro atoms. The summed E-state index contributed by atoms with van der Waals surface area (Å²) < 4.78 is 1.91. The summed E-state index contributed by atoms with van der Waals surface area (Å²) in [6.45, 7) is 0. The minimum absolute atomic E-state index is 0.964. The molecule has 3 nitrogen and oxygen atoms in total. The molecule has 2 heterocycles. The first-order valence-corrected chi connectivity index (χ1v) is 11.0. The van der Waals surface area contributed by atoms with E-state index in [1.54, 1.807) is 0 Å². The van der Waals surface area contributed by atoms with Crippen LogP contribution in [0.5, 0.6) is 0 Å². The van der Waals surface area contributed by atoms with E-state index in [1.165, 1.54) is 11.1 Å². The van der Waals surface area contributed by atoms with Gasteiger partial charge in [0.25, 0.3) is 0 Å². The number of nitrogens with zero attached hydrogens (tertiary/aromatic N) is 3. The zero-order valence-corrected chi connectivity index (χ0v) is 18.0. The second kappa shape index (κ2) is 8.21. The molecule has 0 saturated carbocycles. The Morgan fingerprint density at radius 1 is 0.485 bits per heavy atom. The van der Waals surface area contributed by atoms with Crippen LogP contribution in [0.25, 0.3) is 50.2 Å². The van der Waals surface area contributed by atoms with Crippen molar-refractivity contribution >= 4 is 10.9 Å². The third-order valence-electron chi connectivity index (χ3n) is 5.88. The zero-order chi connectivity index (χ0) is 22.0. The topological polar surface area (TPSA) is 30.7 Å². The standard InChI is InChI=1S/C30H21N3/c1-3-7-22(8-4-1)25-13-17-29-26(21-25)14-18-28(31-29)24-11-15-27(16-12-24)33-20-19-30(32-33)23-9-5-2-6-10-23/h1-21H. The van der Waals surface area contributed by atoms with Gasteiger partial charge < -0.3 is 0 Å². The minimum atomic E-state index is 0.964. The monoisotopic (exact) mass is 423 g/mol. The highest BCUT2D eigenvalue weighted by Crippen LogP contribution is 2.27. The van der Waals surface area contributed by atoms with E-state index in [2.05, 4.69) is 91.0 Å². The van der Waals surface area contributed by atoms with Gasteiger partial charge in [0, 0.05) is 22.7 Å². The molecule has 0 aliphatic heterocycles. The lowest BCUT2D eigenvalue weighted by Crippen LogP contribution is -1.95. The van der Waals surface area contributed by atoms with Crippen molar-refractivity contribution < 1.29 is 0 Å². The Morgan fingerprint density at radius 2 is 1.15 bits per heavy atom. The molecular weight excluding hydrogens is 402 g/mol. The van der Waals surface area contributed by atoms with Crippen molar-refractivity contribution in [2.24, 2.45) is 0 Å². The second-order valence-electron chi connectivity index (χ2n) is 8.03. The smallest absolute Gasteiger partial charge is 0.0927 e. The highest BCUT2D eigenvalue weighted by atomic mass is 15.3. The van der Waals surface area contributed by atoms with Crippen molar-refractivity contribution in [2.75, 3.05) is 0 Å². The van der Waals surface area contributed by atoms with E-state index in [4.69, 9.17) is 10.1 Å². The number of hydrogen-bond acceptors (Lipinski definition) is 2. The van der Waals surface area contributed by atoms with Crippen LogP contribution in [-0.2, 0) is 0 Å². The van der Waals surface area contributed by atoms with Crippen LogP contribution in [0.4, 0.5) is 0 Å². The molecule has 0 aliphatic rings. The Hall–Kier alpha value is -4.50. The lowest BCUT2D eigenvalue weighted by Gasteiger charge is -2.07. The van der Waals surface area contributed by atoms with Gasteiger partial charge in [0.2, 0.25) is 0 Å². The van der Waals surface area contributed by atoms with Gasteiger partial charge >= 0.3 is 0 Å². The van der Waals surface area contributed by atoms with E-state index in [0.717, 1.165) is 39.1 Å². The Labute approximate surface area is 192 Å². The summed E-state index contributed by atoms with van der Waals surface area (Å²) in [6, 6.07) is 41.8. The van der Waals surface area contributed by atoms with E-state index in [0.29, 0.717) is 0 Å². The van der Waals surface area contributed by atoms with Crippen molar-refractivity contribution in [1.29, 1.82) is 0 Å². The van der Waals surface area contributed by atoms with Gasteiger partial charge in [-0.1, -0.05) is 84.9 Å². The van der Waals surface area contributed by atoms with Crippen LogP contribution in [0.1, 0.15) is 0 Å². The van der Waals surface area contributed by atoms with Gasteiger partial charge in [-0.2, -0.15) is 5.10 Å². The molecule has 0 unspecified atom stereocenters. The van der Waals surface area contributed by atoms with Gasteiger partial charge in [-0.3, -0.25) is 0 Å². The molecule has 0 fully saturated rings. The summed E-state index contributed by atoms with van der Waals surface area (Å²) >= 11 is 0. The number of benzene rings is 4. The molecule has 0 aliphatic carbocycles. The Balaban J connectivity index is 1.27. The van der Waals surface area contributed by atoms with E-state index < -0.39 is 0 Å². The summed E-state index contributed by atoms with van der Waals surface area (Å²) in [4.78, 5) is 4.90. The van der Waals surface area contributed by atoms with Gasteiger partial charge in [0.1, 0.15) is 0 Å². The van der Waals surface area contributed by atoms with E-state index in [9.17, 15) is 0 Å². The maximum Gasteiger partial charge on any atom is 0.0927 e. The Bertz CT molecular complexity index is 1530. The Kier molecular flexibility index (Phi) is 4.78. The van der Waals surface area contributed by atoms with Gasteiger partial charge in [0.05, 0.1) is 22.6 Å². The lowest BCUT2D eigenvalue weighted by atomic mass is 10.0. The third-order valence-corrected chi connectivity index (χ3v) is 5.88. The Morgan fingerprint density at radius 3 is 1.91 bits per heavy atom. The van der Waals surface area contributed by atoms with Crippen molar-refractivity contribution in [1.82, 2.24) is 14.8 Å². The normalized spacial score (nSPS) is 11.0. The number of aromatic nitrogens is 3. The van der Waals surface area contributed by atoms with Gasteiger partial charge in [-0.25, -0.2) is 9.67 Å². The molecule has 156 valence electrons. The molecule has 0 N–H and O–H groups in total. The molecule has 33 heavy (non-hydrogen) atoms. The van der Waals surface area contributed by atoms with Crippen molar-refractivity contribution in [3.05, 3.63) is 128 Å². The van der Waals surface area contributed by atoms with Crippen LogP contribution in [0, 0.1) is 0 Å². The van der Waals surface area contributed by atoms with E-state index in [1.807, 2.05) is 41.2 Å². The van der Waals surface area contributed by atoms with Crippen LogP contribution in [-0.4, -0.2) is 14.8 Å². The zero-order valence-electron chi connectivity index (χ0n) is 18.0. The molecule has 0 atom stereocenters. The van der Waals surface area contributed by atoms with Crippen molar-refractivity contribution in [3.8, 4) is 39.3 Å². The van der Waals surface area contributed by atoms with Crippen LogP contribution in [0.2, 0.25) is 0 Å². The minimum Gasteiger partial charge on any atom is -0.248 e. The highest BCUT2D eigenvalue weighted by molar-refractivity contribution is 5.86.